The van der Waals surface area contributed by atoms with Crippen LogP contribution < -0.4 is 0 Å². The Kier molecular flexibility index (Phi) is 4.72. The van der Waals surface area contributed by atoms with Gasteiger partial charge in [-0.25, -0.2) is 0 Å². The van der Waals surface area contributed by atoms with Crippen LogP contribution in [0.1, 0.15) is 5.56 Å². The molecule has 4 heteroatoms. The standard InChI is InChI=1S/C14H21NO3/c16-7-6-15(8-13-4-2-1-3-5-13)9-14(10-17)11-18-12-14/h1-5,16-17H,6-12H2. The van der Waals surface area contributed by atoms with Gasteiger partial charge < -0.3 is 14.9 Å². The smallest absolute Gasteiger partial charge is 0.0579 e. The predicted molar refractivity (Wildman–Crippen MR) is 69.1 cm³/mol. The number of nitrogens with zero attached hydrogens (tertiary/aromatic N) is 1. The number of benzene rings is 1. The third kappa shape index (κ3) is 3.29. The molecule has 1 aliphatic heterocycles. The van der Waals surface area contributed by atoms with Crippen molar-refractivity contribution in [1.29, 1.82) is 0 Å². The maximum Gasteiger partial charge on any atom is 0.0579 e. The second-order valence-corrected chi connectivity index (χ2v) is 5.07. The summed E-state index contributed by atoms with van der Waals surface area (Å²) in [4.78, 5) is 2.17. The van der Waals surface area contributed by atoms with E-state index in [9.17, 15) is 5.11 Å². The van der Waals surface area contributed by atoms with Crippen molar-refractivity contribution < 1.29 is 14.9 Å². The van der Waals surface area contributed by atoms with Crippen molar-refractivity contribution in [3.05, 3.63) is 35.9 Å². The molecule has 1 fully saturated rings. The van der Waals surface area contributed by atoms with Crippen LogP contribution in [0.15, 0.2) is 30.3 Å². The van der Waals surface area contributed by atoms with Gasteiger partial charge in [-0.05, 0) is 5.56 Å². The van der Waals surface area contributed by atoms with Gasteiger partial charge in [0.2, 0.25) is 0 Å². The summed E-state index contributed by atoms with van der Waals surface area (Å²) in [6.07, 6.45) is 0. The molecular weight excluding hydrogens is 230 g/mol. The van der Waals surface area contributed by atoms with E-state index < -0.39 is 0 Å². The SMILES string of the molecule is OCCN(Cc1ccccc1)CC1(CO)COC1. The minimum absolute atomic E-state index is 0.134. The molecule has 1 saturated heterocycles. The Morgan fingerprint density at radius 2 is 1.89 bits per heavy atom. The normalized spacial score (nSPS) is 17.7. The van der Waals surface area contributed by atoms with Gasteiger partial charge in [0.25, 0.3) is 0 Å². The fourth-order valence-corrected chi connectivity index (χ4v) is 2.29. The molecule has 0 amide bonds. The molecule has 4 nitrogen and oxygen atoms in total. The van der Waals surface area contributed by atoms with Crippen molar-refractivity contribution in [3.8, 4) is 0 Å². The summed E-state index contributed by atoms with van der Waals surface area (Å²) in [5.74, 6) is 0. The minimum Gasteiger partial charge on any atom is -0.396 e. The van der Waals surface area contributed by atoms with E-state index in [-0.39, 0.29) is 18.6 Å². The molecule has 0 spiro atoms. The van der Waals surface area contributed by atoms with Crippen LogP contribution in [0, 0.1) is 5.41 Å². The lowest BCUT2D eigenvalue weighted by Gasteiger charge is -2.43. The zero-order valence-electron chi connectivity index (χ0n) is 10.6. The highest BCUT2D eigenvalue weighted by Gasteiger charge is 2.39. The molecule has 0 saturated carbocycles. The molecule has 18 heavy (non-hydrogen) atoms. The summed E-state index contributed by atoms with van der Waals surface area (Å²) in [6, 6.07) is 10.2. The Bertz CT molecular complexity index is 346. The molecule has 100 valence electrons. The molecule has 1 aromatic rings. The van der Waals surface area contributed by atoms with Gasteiger partial charge in [-0.15, -0.1) is 0 Å². The Morgan fingerprint density at radius 3 is 2.39 bits per heavy atom. The van der Waals surface area contributed by atoms with Gasteiger partial charge in [-0.1, -0.05) is 30.3 Å². The summed E-state index contributed by atoms with van der Waals surface area (Å²) in [6.45, 7) is 3.68. The second kappa shape index (κ2) is 6.29. The second-order valence-electron chi connectivity index (χ2n) is 5.07. The fourth-order valence-electron chi connectivity index (χ4n) is 2.29. The molecule has 0 aromatic heterocycles. The first kappa shape index (κ1) is 13.5. The Morgan fingerprint density at radius 1 is 1.17 bits per heavy atom. The van der Waals surface area contributed by atoms with Crippen molar-refractivity contribution in [2.45, 2.75) is 6.54 Å². The maximum absolute atomic E-state index is 9.45. The van der Waals surface area contributed by atoms with Crippen LogP contribution in [-0.2, 0) is 11.3 Å². The molecular formula is C14H21NO3. The lowest BCUT2D eigenvalue weighted by Crippen LogP contribution is -2.53. The molecule has 1 heterocycles. The van der Waals surface area contributed by atoms with Crippen molar-refractivity contribution in [2.24, 2.45) is 5.41 Å². The summed E-state index contributed by atoms with van der Waals surface area (Å²) in [5.41, 5.74) is 1.09. The third-order valence-electron chi connectivity index (χ3n) is 3.38. The highest BCUT2D eigenvalue weighted by atomic mass is 16.5. The van der Waals surface area contributed by atoms with Crippen LogP contribution >= 0.6 is 0 Å². The number of hydrogen-bond acceptors (Lipinski definition) is 4. The first-order valence-corrected chi connectivity index (χ1v) is 6.34. The first-order valence-electron chi connectivity index (χ1n) is 6.34. The monoisotopic (exact) mass is 251 g/mol. The Hall–Kier alpha value is -0.940. The van der Waals surface area contributed by atoms with Gasteiger partial charge >= 0.3 is 0 Å². The highest BCUT2D eigenvalue weighted by molar-refractivity contribution is 5.14. The largest absolute Gasteiger partial charge is 0.396 e. The number of aliphatic hydroxyl groups excluding tert-OH is 2. The summed E-state index contributed by atoms with van der Waals surface area (Å²) in [7, 11) is 0. The van der Waals surface area contributed by atoms with Gasteiger partial charge in [0.05, 0.1) is 31.8 Å². The molecule has 0 radical (unpaired) electrons. The number of hydrogen-bond donors (Lipinski definition) is 2. The first-order chi connectivity index (χ1) is 8.78. The van der Waals surface area contributed by atoms with E-state index in [1.807, 2.05) is 18.2 Å². The van der Waals surface area contributed by atoms with Gasteiger partial charge in [0.1, 0.15) is 0 Å². The van der Waals surface area contributed by atoms with Crippen molar-refractivity contribution >= 4 is 0 Å². The van der Waals surface area contributed by atoms with Crippen LogP contribution in [0.5, 0.6) is 0 Å². The highest BCUT2D eigenvalue weighted by Crippen LogP contribution is 2.28. The van der Waals surface area contributed by atoms with Crippen LogP contribution in [0.25, 0.3) is 0 Å². The molecule has 0 aliphatic carbocycles. The van der Waals surface area contributed by atoms with E-state index in [2.05, 4.69) is 17.0 Å². The van der Waals surface area contributed by atoms with E-state index in [0.717, 1.165) is 13.1 Å². The maximum atomic E-state index is 9.45. The quantitative estimate of drug-likeness (QED) is 0.740. The minimum atomic E-state index is -0.135. The van der Waals surface area contributed by atoms with Crippen LogP contribution in [0.4, 0.5) is 0 Å². The molecule has 2 N–H and O–H groups in total. The third-order valence-corrected chi connectivity index (χ3v) is 3.38. The van der Waals surface area contributed by atoms with Gasteiger partial charge in [-0.3, -0.25) is 4.90 Å². The fraction of sp³-hybridized carbons (Fsp3) is 0.571. The summed E-state index contributed by atoms with van der Waals surface area (Å²) in [5, 5.41) is 18.6. The zero-order valence-corrected chi connectivity index (χ0v) is 10.6. The number of aliphatic hydroxyl groups is 2. The van der Waals surface area contributed by atoms with Crippen LogP contribution in [0.3, 0.4) is 0 Å². The Balaban J connectivity index is 1.95. The van der Waals surface area contributed by atoms with Crippen LogP contribution in [0.2, 0.25) is 0 Å². The van der Waals surface area contributed by atoms with Gasteiger partial charge in [-0.2, -0.15) is 0 Å². The number of ether oxygens (including phenoxy) is 1. The van der Waals surface area contributed by atoms with Crippen molar-refractivity contribution in [3.63, 3.8) is 0 Å². The van der Waals surface area contributed by atoms with E-state index >= 15 is 0 Å². The van der Waals surface area contributed by atoms with E-state index in [4.69, 9.17) is 9.84 Å². The van der Waals surface area contributed by atoms with Gasteiger partial charge in [0, 0.05) is 19.6 Å². The average molecular weight is 251 g/mol. The Labute approximate surface area is 108 Å². The molecule has 0 bridgehead atoms. The van der Waals surface area contributed by atoms with Crippen LogP contribution in [-0.4, -0.2) is 54.6 Å². The molecule has 1 aliphatic rings. The molecule has 2 rings (SSSR count). The van der Waals surface area contributed by atoms with Gasteiger partial charge in [0.15, 0.2) is 0 Å². The topological polar surface area (TPSA) is 52.9 Å². The predicted octanol–water partition coefficient (Wildman–Crippen LogP) is 0.490. The molecule has 0 unspecified atom stereocenters. The van der Waals surface area contributed by atoms with E-state index in [0.29, 0.717) is 19.8 Å². The number of rotatable bonds is 7. The molecule has 1 aromatic carbocycles. The van der Waals surface area contributed by atoms with E-state index in [1.165, 1.54) is 5.56 Å². The summed E-state index contributed by atoms with van der Waals surface area (Å²) >= 11 is 0. The average Bonchev–Trinajstić information content (AvgIpc) is 2.35. The van der Waals surface area contributed by atoms with E-state index in [1.54, 1.807) is 0 Å². The van der Waals surface area contributed by atoms with Crippen molar-refractivity contribution in [1.82, 2.24) is 4.90 Å². The lowest BCUT2D eigenvalue weighted by atomic mass is 9.86. The van der Waals surface area contributed by atoms with Crippen molar-refractivity contribution in [2.75, 3.05) is 39.5 Å². The zero-order chi connectivity index (χ0) is 12.8. The molecule has 0 atom stereocenters. The lowest BCUT2D eigenvalue weighted by molar-refractivity contribution is -0.149. The summed E-state index contributed by atoms with van der Waals surface area (Å²) < 4.78 is 5.21.